The first-order valence-corrected chi connectivity index (χ1v) is 9.54. The number of imide groups is 1. The molecule has 0 aliphatic carbocycles. The van der Waals surface area contributed by atoms with Gasteiger partial charge in [-0.05, 0) is 49.4 Å². The Bertz CT molecular complexity index is 606. The number of quaternary nitrogens is 1. The minimum absolute atomic E-state index is 0.0470. The highest BCUT2D eigenvalue weighted by atomic mass is 16.5. The molecule has 2 aliphatic rings. The number of hydrogen-bond donors (Lipinski definition) is 1. The Kier molecular flexibility index (Phi) is 5.74. The highest BCUT2D eigenvalue weighted by Crippen LogP contribution is 2.25. The van der Waals surface area contributed by atoms with E-state index in [-0.39, 0.29) is 17.9 Å². The topological polar surface area (TPSA) is 51.0 Å². The van der Waals surface area contributed by atoms with Gasteiger partial charge in [-0.15, -0.1) is 0 Å². The smallest absolute Gasteiger partial charge is 0.292 e. The van der Waals surface area contributed by atoms with E-state index in [1.54, 1.807) is 0 Å². The summed E-state index contributed by atoms with van der Waals surface area (Å²) in [6, 6.07) is 7.10. The maximum Gasteiger partial charge on any atom is 0.292 e. The highest BCUT2D eigenvalue weighted by molar-refractivity contribution is 6.21. The molecule has 2 amide bonds. The molecule has 0 radical (unpaired) electrons. The van der Waals surface area contributed by atoms with Crippen LogP contribution in [0.5, 0.6) is 5.75 Å². The van der Waals surface area contributed by atoms with Crippen molar-refractivity contribution in [2.45, 2.75) is 52.0 Å². The second-order valence-corrected chi connectivity index (χ2v) is 7.36. The van der Waals surface area contributed by atoms with Gasteiger partial charge in [-0.25, -0.2) is 4.90 Å². The molecule has 25 heavy (non-hydrogen) atoms. The lowest BCUT2D eigenvalue weighted by atomic mass is 9.97. The van der Waals surface area contributed by atoms with Gasteiger partial charge in [0.15, 0.2) is 6.04 Å². The molecule has 5 heteroatoms. The zero-order chi connectivity index (χ0) is 17.8. The van der Waals surface area contributed by atoms with E-state index in [2.05, 4.69) is 13.8 Å². The molecule has 0 saturated carbocycles. The minimum atomic E-state index is -0.208. The molecular formula is C20H29N2O3+. The zero-order valence-corrected chi connectivity index (χ0v) is 15.3. The number of piperidine rings is 1. The molecule has 0 bridgehead atoms. The van der Waals surface area contributed by atoms with Crippen LogP contribution in [-0.4, -0.2) is 37.6 Å². The molecule has 2 fully saturated rings. The number of ether oxygens (including phenoxy) is 1. The van der Waals surface area contributed by atoms with Gasteiger partial charge in [-0.2, -0.15) is 0 Å². The van der Waals surface area contributed by atoms with Gasteiger partial charge in [0.05, 0.1) is 31.8 Å². The summed E-state index contributed by atoms with van der Waals surface area (Å²) in [7, 11) is 0. The molecule has 1 atom stereocenters. The molecule has 136 valence electrons. The Labute approximate surface area is 149 Å². The van der Waals surface area contributed by atoms with Gasteiger partial charge in [0.25, 0.3) is 5.91 Å². The molecular weight excluding hydrogens is 316 g/mol. The average molecular weight is 345 g/mol. The van der Waals surface area contributed by atoms with Gasteiger partial charge in [0, 0.05) is 0 Å². The van der Waals surface area contributed by atoms with Crippen molar-refractivity contribution in [1.29, 1.82) is 0 Å². The monoisotopic (exact) mass is 345 g/mol. The maximum atomic E-state index is 12.8. The van der Waals surface area contributed by atoms with Crippen molar-refractivity contribution in [2.24, 2.45) is 5.92 Å². The van der Waals surface area contributed by atoms with E-state index >= 15 is 0 Å². The van der Waals surface area contributed by atoms with Crippen LogP contribution in [0.4, 0.5) is 5.69 Å². The Morgan fingerprint density at radius 2 is 1.84 bits per heavy atom. The van der Waals surface area contributed by atoms with E-state index in [1.165, 1.54) is 9.80 Å². The lowest BCUT2D eigenvalue weighted by Crippen LogP contribution is -3.17. The van der Waals surface area contributed by atoms with Crippen molar-refractivity contribution in [3.63, 3.8) is 0 Å². The Morgan fingerprint density at radius 1 is 1.16 bits per heavy atom. The van der Waals surface area contributed by atoms with Crippen LogP contribution >= 0.6 is 0 Å². The van der Waals surface area contributed by atoms with E-state index in [0.29, 0.717) is 18.7 Å². The summed E-state index contributed by atoms with van der Waals surface area (Å²) in [4.78, 5) is 27.9. The van der Waals surface area contributed by atoms with E-state index in [4.69, 9.17) is 4.74 Å². The van der Waals surface area contributed by atoms with Crippen molar-refractivity contribution >= 4 is 17.5 Å². The molecule has 0 spiro atoms. The van der Waals surface area contributed by atoms with Crippen molar-refractivity contribution < 1.29 is 19.2 Å². The number of carbonyl (C=O) groups is 2. The molecule has 5 nitrogen and oxygen atoms in total. The number of benzene rings is 1. The lowest BCUT2D eigenvalue weighted by molar-refractivity contribution is -0.920. The van der Waals surface area contributed by atoms with Crippen LogP contribution in [0.2, 0.25) is 0 Å². The summed E-state index contributed by atoms with van der Waals surface area (Å²) in [5.41, 5.74) is 0.658. The maximum absolute atomic E-state index is 12.8. The number of rotatable bonds is 6. The summed E-state index contributed by atoms with van der Waals surface area (Å²) >= 11 is 0. The van der Waals surface area contributed by atoms with Crippen LogP contribution in [0, 0.1) is 5.92 Å². The SMILES string of the molecule is CCCCOc1ccc(N2C(=O)C[C@H]([NH+]3CCC(C)CC3)C2=O)cc1. The Balaban J connectivity index is 1.66. The van der Waals surface area contributed by atoms with Crippen molar-refractivity contribution in [2.75, 3.05) is 24.6 Å². The summed E-state index contributed by atoms with van der Waals surface area (Å²) in [5, 5.41) is 0. The number of hydrogen-bond acceptors (Lipinski definition) is 3. The molecule has 3 rings (SSSR count). The van der Waals surface area contributed by atoms with Gasteiger partial charge in [0.2, 0.25) is 5.91 Å². The van der Waals surface area contributed by atoms with Crippen LogP contribution in [0.25, 0.3) is 0 Å². The fourth-order valence-electron chi connectivity index (χ4n) is 3.73. The molecule has 1 N–H and O–H groups in total. The summed E-state index contributed by atoms with van der Waals surface area (Å²) < 4.78 is 5.65. The largest absolute Gasteiger partial charge is 0.494 e. The molecule has 2 saturated heterocycles. The minimum Gasteiger partial charge on any atom is -0.494 e. The number of nitrogens with one attached hydrogen (secondary N) is 1. The van der Waals surface area contributed by atoms with Gasteiger partial charge >= 0.3 is 0 Å². The first-order valence-electron chi connectivity index (χ1n) is 9.54. The van der Waals surface area contributed by atoms with Crippen LogP contribution in [0.1, 0.15) is 46.0 Å². The quantitative estimate of drug-likeness (QED) is 0.632. The highest BCUT2D eigenvalue weighted by Gasteiger charge is 2.46. The lowest BCUT2D eigenvalue weighted by Gasteiger charge is -2.30. The standard InChI is InChI=1S/C20H28N2O3/c1-3-4-13-25-17-7-5-16(6-8-17)22-19(23)14-18(20(22)24)21-11-9-15(2)10-12-21/h5-8,15,18H,3-4,9-14H2,1-2H3/p+1/t18-/m0/s1. The first-order chi connectivity index (χ1) is 12.1. The predicted molar refractivity (Wildman–Crippen MR) is 96.8 cm³/mol. The van der Waals surface area contributed by atoms with Crippen LogP contribution in [0.15, 0.2) is 24.3 Å². The van der Waals surface area contributed by atoms with E-state index < -0.39 is 0 Å². The molecule has 1 aromatic carbocycles. The van der Waals surface area contributed by atoms with Crippen LogP contribution < -0.4 is 14.5 Å². The van der Waals surface area contributed by atoms with Crippen molar-refractivity contribution in [3.05, 3.63) is 24.3 Å². The number of likely N-dealkylation sites (tertiary alicyclic amines) is 1. The zero-order valence-electron chi connectivity index (χ0n) is 15.3. The summed E-state index contributed by atoms with van der Waals surface area (Å²) in [6.07, 6.45) is 4.71. The number of amides is 2. The van der Waals surface area contributed by atoms with Gasteiger partial charge in [-0.3, -0.25) is 9.59 Å². The van der Waals surface area contributed by atoms with Gasteiger partial charge in [0.1, 0.15) is 5.75 Å². The Hall–Kier alpha value is -1.88. The van der Waals surface area contributed by atoms with E-state index in [9.17, 15) is 9.59 Å². The third-order valence-electron chi connectivity index (χ3n) is 5.42. The fourth-order valence-corrected chi connectivity index (χ4v) is 3.73. The second-order valence-electron chi connectivity index (χ2n) is 7.36. The van der Waals surface area contributed by atoms with Crippen molar-refractivity contribution in [1.82, 2.24) is 0 Å². The van der Waals surface area contributed by atoms with Crippen molar-refractivity contribution in [3.8, 4) is 5.75 Å². The van der Waals surface area contributed by atoms with Gasteiger partial charge < -0.3 is 9.64 Å². The fraction of sp³-hybridized carbons (Fsp3) is 0.600. The normalized spacial score (nSPS) is 27.0. The van der Waals surface area contributed by atoms with E-state index in [0.717, 1.165) is 50.4 Å². The number of anilines is 1. The molecule has 2 aliphatic heterocycles. The number of carbonyl (C=O) groups excluding carboxylic acids is 2. The second kappa shape index (κ2) is 8.00. The average Bonchev–Trinajstić information content (AvgIpc) is 2.91. The molecule has 1 aromatic rings. The Morgan fingerprint density at radius 3 is 2.48 bits per heavy atom. The number of nitrogens with zero attached hydrogens (tertiary/aromatic N) is 1. The number of unbranched alkanes of at least 4 members (excludes halogenated alkanes) is 1. The first kappa shape index (κ1) is 17.9. The van der Waals surface area contributed by atoms with Crippen LogP contribution in [-0.2, 0) is 9.59 Å². The molecule has 0 aromatic heterocycles. The molecule has 2 heterocycles. The van der Waals surface area contributed by atoms with Gasteiger partial charge in [-0.1, -0.05) is 20.3 Å². The third-order valence-corrected chi connectivity index (χ3v) is 5.42. The third kappa shape index (κ3) is 4.03. The van der Waals surface area contributed by atoms with Crippen LogP contribution in [0.3, 0.4) is 0 Å². The molecule has 0 unspecified atom stereocenters. The van der Waals surface area contributed by atoms with E-state index in [1.807, 2.05) is 24.3 Å². The summed E-state index contributed by atoms with van der Waals surface area (Å²) in [6.45, 7) is 7.05. The summed E-state index contributed by atoms with van der Waals surface area (Å²) in [5.74, 6) is 1.38. The predicted octanol–water partition coefficient (Wildman–Crippen LogP) is 1.81.